The molecule has 2 aromatic carbocycles. The number of aromatic nitrogens is 2. The van der Waals surface area contributed by atoms with Gasteiger partial charge in [-0.3, -0.25) is 9.78 Å². The van der Waals surface area contributed by atoms with E-state index in [0.29, 0.717) is 17.2 Å². The lowest BCUT2D eigenvalue weighted by molar-refractivity contribution is -0.111. The third-order valence-electron chi connectivity index (χ3n) is 3.67. The second-order valence-electron chi connectivity index (χ2n) is 5.66. The summed E-state index contributed by atoms with van der Waals surface area (Å²) in [6.07, 6.45) is 6.52. The number of carbonyl (C=O) groups excluding carboxylic acids is 1. The van der Waals surface area contributed by atoms with Gasteiger partial charge in [-0.25, -0.2) is 4.98 Å². The standard InChI is InChI=1S/C21H15N3O2S/c25-20(8-9-21-24-18-6-1-2-7-19(18)27-21)23-15-4-3-5-17(14-15)26-16-10-12-22-13-11-16/h1-14H,(H,23,25)/b9-8+. The Hall–Kier alpha value is -3.51. The molecule has 0 saturated heterocycles. The van der Waals surface area contributed by atoms with Crippen LogP contribution in [0, 0.1) is 0 Å². The highest BCUT2D eigenvalue weighted by Gasteiger charge is 2.03. The maximum atomic E-state index is 12.2. The number of thiazole rings is 1. The highest BCUT2D eigenvalue weighted by Crippen LogP contribution is 2.24. The molecular formula is C21H15N3O2S. The Morgan fingerprint density at radius 3 is 2.70 bits per heavy atom. The van der Waals surface area contributed by atoms with Crippen molar-refractivity contribution in [3.63, 3.8) is 0 Å². The van der Waals surface area contributed by atoms with E-state index in [1.54, 1.807) is 48.0 Å². The van der Waals surface area contributed by atoms with Crippen LogP contribution in [0.5, 0.6) is 11.5 Å². The largest absolute Gasteiger partial charge is 0.457 e. The molecule has 0 aliphatic rings. The molecule has 132 valence electrons. The average Bonchev–Trinajstić information content (AvgIpc) is 3.11. The van der Waals surface area contributed by atoms with Crippen molar-refractivity contribution >= 4 is 39.2 Å². The van der Waals surface area contributed by atoms with Gasteiger partial charge in [-0.1, -0.05) is 18.2 Å². The summed E-state index contributed by atoms with van der Waals surface area (Å²) in [5.41, 5.74) is 1.59. The number of fused-ring (bicyclic) bond motifs is 1. The van der Waals surface area contributed by atoms with Crippen LogP contribution in [0.2, 0.25) is 0 Å². The molecule has 0 spiro atoms. The van der Waals surface area contributed by atoms with Crippen LogP contribution in [-0.2, 0) is 4.79 Å². The minimum absolute atomic E-state index is 0.227. The smallest absolute Gasteiger partial charge is 0.248 e. The minimum atomic E-state index is -0.227. The monoisotopic (exact) mass is 373 g/mol. The number of hydrogen-bond donors (Lipinski definition) is 1. The summed E-state index contributed by atoms with van der Waals surface area (Å²) in [6, 6.07) is 18.7. The molecule has 0 saturated carbocycles. The number of carbonyl (C=O) groups is 1. The Balaban J connectivity index is 1.42. The molecule has 4 aromatic rings. The molecule has 2 heterocycles. The van der Waals surface area contributed by atoms with Crippen LogP contribution in [0.1, 0.15) is 5.01 Å². The Morgan fingerprint density at radius 1 is 1.00 bits per heavy atom. The quantitative estimate of drug-likeness (QED) is 0.492. The van der Waals surface area contributed by atoms with Crippen LogP contribution in [0.15, 0.2) is 79.1 Å². The predicted octanol–water partition coefficient (Wildman–Crippen LogP) is 5.14. The molecular weight excluding hydrogens is 358 g/mol. The maximum absolute atomic E-state index is 12.2. The molecule has 27 heavy (non-hydrogen) atoms. The van der Waals surface area contributed by atoms with E-state index in [4.69, 9.17) is 4.74 Å². The third kappa shape index (κ3) is 4.37. The van der Waals surface area contributed by atoms with Crippen molar-refractivity contribution < 1.29 is 9.53 Å². The predicted molar refractivity (Wildman–Crippen MR) is 108 cm³/mol. The van der Waals surface area contributed by atoms with Gasteiger partial charge < -0.3 is 10.1 Å². The zero-order valence-electron chi connectivity index (χ0n) is 14.2. The molecule has 0 aliphatic carbocycles. The Bertz CT molecular complexity index is 1070. The first-order valence-corrected chi connectivity index (χ1v) is 9.10. The molecule has 1 amide bonds. The van der Waals surface area contributed by atoms with Crippen molar-refractivity contribution in [2.75, 3.05) is 5.32 Å². The molecule has 5 nitrogen and oxygen atoms in total. The molecule has 0 fully saturated rings. The van der Waals surface area contributed by atoms with Crippen LogP contribution in [-0.4, -0.2) is 15.9 Å². The van der Waals surface area contributed by atoms with Gasteiger partial charge >= 0.3 is 0 Å². The van der Waals surface area contributed by atoms with Gasteiger partial charge in [0.1, 0.15) is 16.5 Å². The first-order valence-electron chi connectivity index (χ1n) is 8.29. The minimum Gasteiger partial charge on any atom is -0.457 e. The first kappa shape index (κ1) is 16.9. The molecule has 0 aliphatic heterocycles. The molecule has 4 rings (SSSR count). The number of nitrogens with one attached hydrogen (secondary N) is 1. The van der Waals surface area contributed by atoms with Crippen molar-refractivity contribution in [3.8, 4) is 11.5 Å². The number of ether oxygens (including phenoxy) is 1. The summed E-state index contributed by atoms with van der Waals surface area (Å²) in [6.45, 7) is 0. The lowest BCUT2D eigenvalue weighted by Crippen LogP contribution is -2.07. The van der Waals surface area contributed by atoms with Gasteiger partial charge in [-0.05, 0) is 42.5 Å². The van der Waals surface area contributed by atoms with Crippen LogP contribution in [0.3, 0.4) is 0 Å². The second-order valence-corrected chi connectivity index (χ2v) is 6.72. The number of rotatable bonds is 5. The van der Waals surface area contributed by atoms with Gasteiger partial charge in [0.05, 0.1) is 10.2 Å². The summed E-state index contributed by atoms with van der Waals surface area (Å²) in [4.78, 5) is 20.6. The molecule has 0 radical (unpaired) electrons. The van der Waals surface area contributed by atoms with Crippen LogP contribution in [0.25, 0.3) is 16.3 Å². The fraction of sp³-hybridized carbons (Fsp3) is 0. The highest BCUT2D eigenvalue weighted by molar-refractivity contribution is 7.19. The normalized spacial score (nSPS) is 11.0. The second kappa shape index (κ2) is 7.80. The van der Waals surface area contributed by atoms with Crippen molar-refractivity contribution in [1.29, 1.82) is 0 Å². The van der Waals surface area contributed by atoms with Gasteiger partial charge in [0, 0.05) is 30.2 Å². The van der Waals surface area contributed by atoms with E-state index in [0.717, 1.165) is 15.2 Å². The van der Waals surface area contributed by atoms with E-state index in [2.05, 4.69) is 15.3 Å². The molecule has 6 heteroatoms. The molecule has 0 bridgehead atoms. The lowest BCUT2D eigenvalue weighted by atomic mass is 10.3. The Morgan fingerprint density at radius 2 is 1.85 bits per heavy atom. The number of anilines is 1. The molecule has 0 atom stereocenters. The van der Waals surface area contributed by atoms with Crippen LogP contribution in [0.4, 0.5) is 5.69 Å². The van der Waals surface area contributed by atoms with Gasteiger partial charge in [-0.2, -0.15) is 0 Å². The summed E-state index contributed by atoms with van der Waals surface area (Å²) in [5, 5.41) is 3.62. The molecule has 2 aromatic heterocycles. The highest BCUT2D eigenvalue weighted by atomic mass is 32.1. The number of amides is 1. The van der Waals surface area contributed by atoms with E-state index in [-0.39, 0.29) is 5.91 Å². The van der Waals surface area contributed by atoms with Crippen molar-refractivity contribution in [2.45, 2.75) is 0 Å². The Kier molecular flexibility index (Phi) is 4.89. The van der Waals surface area contributed by atoms with E-state index < -0.39 is 0 Å². The number of hydrogen-bond acceptors (Lipinski definition) is 5. The van der Waals surface area contributed by atoms with Gasteiger partial charge in [0.15, 0.2) is 0 Å². The van der Waals surface area contributed by atoms with Crippen LogP contribution < -0.4 is 10.1 Å². The fourth-order valence-electron chi connectivity index (χ4n) is 2.47. The van der Waals surface area contributed by atoms with E-state index in [9.17, 15) is 4.79 Å². The van der Waals surface area contributed by atoms with E-state index in [1.165, 1.54) is 6.08 Å². The van der Waals surface area contributed by atoms with Gasteiger partial charge in [-0.15, -0.1) is 11.3 Å². The topological polar surface area (TPSA) is 64.1 Å². The van der Waals surface area contributed by atoms with Crippen molar-refractivity contribution in [3.05, 3.63) is 84.1 Å². The average molecular weight is 373 g/mol. The zero-order chi connectivity index (χ0) is 18.5. The molecule has 0 unspecified atom stereocenters. The number of para-hydroxylation sites is 1. The van der Waals surface area contributed by atoms with Gasteiger partial charge in [0.2, 0.25) is 5.91 Å². The number of benzene rings is 2. The fourth-order valence-corrected chi connectivity index (χ4v) is 3.34. The third-order valence-corrected chi connectivity index (χ3v) is 4.68. The van der Waals surface area contributed by atoms with Gasteiger partial charge in [0.25, 0.3) is 0 Å². The summed E-state index contributed by atoms with van der Waals surface area (Å²) < 4.78 is 6.84. The SMILES string of the molecule is O=C(/C=C/c1nc2ccccc2s1)Nc1cccc(Oc2ccncc2)c1. The number of pyridine rings is 1. The van der Waals surface area contributed by atoms with Crippen molar-refractivity contribution in [2.24, 2.45) is 0 Å². The number of nitrogens with zero attached hydrogens (tertiary/aromatic N) is 2. The first-order chi connectivity index (χ1) is 13.3. The summed E-state index contributed by atoms with van der Waals surface area (Å²) in [7, 11) is 0. The van der Waals surface area contributed by atoms with Crippen molar-refractivity contribution in [1.82, 2.24) is 9.97 Å². The van der Waals surface area contributed by atoms with E-state index >= 15 is 0 Å². The summed E-state index contributed by atoms with van der Waals surface area (Å²) >= 11 is 1.55. The summed E-state index contributed by atoms with van der Waals surface area (Å²) in [5.74, 6) is 1.09. The zero-order valence-corrected chi connectivity index (χ0v) is 15.0. The van der Waals surface area contributed by atoms with E-state index in [1.807, 2.05) is 42.5 Å². The lowest BCUT2D eigenvalue weighted by Gasteiger charge is -2.07. The Labute approximate surface area is 160 Å². The maximum Gasteiger partial charge on any atom is 0.248 e. The van der Waals surface area contributed by atoms with Crippen LogP contribution >= 0.6 is 11.3 Å². The molecule has 1 N–H and O–H groups in total.